The van der Waals surface area contributed by atoms with Gasteiger partial charge in [-0.05, 0) is 31.0 Å². The SMILES string of the molecule is CCc1cc(NC)c2c(C)cc(F)cc2n1. The van der Waals surface area contributed by atoms with Gasteiger partial charge in [-0.3, -0.25) is 4.98 Å². The molecule has 84 valence electrons. The third kappa shape index (κ3) is 1.73. The van der Waals surface area contributed by atoms with Crippen molar-refractivity contribution >= 4 is 16.6 Å². The molecule has 0 spiro atoms. The smallest absolute Gasteiger partial charge is 0.125 e. The second-order valence-electron chi connectivity index (χ2n) is 3.88. The minimum Gasteiger partial charge on any atom is -0.388 e. The third-order valence-electron chi connectivity index (χ3n) is 2.76. The molecule has 2 rings (SSSR count). The number of hydrogen-bond acceptors (Lipinski definition) is 2. The van der Waals surface area contributed by atoms with E-state index >= 15 is 0 Å². The molecule has 0 aliphatic carbocycles. The maximum Gasteiger partial charge on any atom is 0.125 e. The summed E-state index contributed by atoms with van der Waals surface area (Å²) in [6.45, 7) is 3.94. The van der Waals surface area contributed by atoms with Crippen molar-refractivity contribution in [1.82, 2.24) is 4.98 Å². The number of anilines is 1. The molecule has 16 heavy (non-hydrogen) atoms. The van der Waals surface area contributed by atoms with Gasteiger partial charge < -0.3 is 5.32 Å². The van der Waals surface area contributed by atoms with Gasteiger partial charge in [-0.25, -0.2) is 4.39 Å². The van der Waals surface area contributed by atoms with Gasteiger partial charge in [-0.2, -0.15) is 0 Å². The van der Waals surface area contributed by atoms with E-state index in [0.717, 1.165) is 34.3 Å². The Morgan fingerprint density at radius 3 is 2.69 bits per heavy atom. The second-order valence-corrected chi connectivity index (χ2v) is 3.88. The number of hydrogen-bond donors (Lipinski definition) is 1. The van der Waals surface area contributed by atoms with Crippen LogP contribution in [0.2, 0.25) is 0 Å². The van der Waals surface area contributed by atoms with Crippen molar-refractivity contribution < 1.29 is 4.39 Å². The maximum atomic E-state index is 13.3. The van der Waals surface area contributed by atoms with Crippen molar-refractivity contribution in [2.24, 2.45) is 0 Å². The number of aromatic nitrogens is 1. The second kappa shape index (κ2) is 4.08. The van der Waals surface area contributed by atoms with Crippen LogP contribution in [0.15, 0.2) is 18.2 Å². The highest BCUT2D eigenvalue weighted by molar-refractivity contribution is 5.94. The molecule has 0 saturated heterocycles. The van der Waals surface area contributed by atoms with Crippen LogP contribution in [0.3, 0.4) is 0 Å². The van der Waals surface area contributed by atoms with Crippen molar-refractivity contribution in [3.63, 3.8) is 0 Å². The van der Waals surface area contributed by atoms with E-state index in [1.807, 2.05) is 27.0 Å². The van der Waals surface area contributed by atoms with Crippen LogP contribution in [0.1, 0.15) is 18.2 Å². The van der Waals surface area contributed by atoms with Gasteiger partial charge in [0.15, 0.2) is 0 Å². The first kappa shape index (κ1) is 10.9. The summed E-state index contributed by atoms with van der Waals surface area (Å²) in [5.41, 5.74) is 3.62. The van der Waals surface area contributed by atoms with Crippen molar-refractivity contribution in [3.05, 3.63) is 35.3 Å². The lowest BCUT2D eigenvalue weighted by Crippen LogP contribution is -1.97. The molecule has 1 aromatic heterocycles. The Balaban J connectivity index is 2.83. The van der Waals surface area contributed by atoms with E-state index in [1.165, 1.54) is 12.1 Å². The largest absolute Gasteiger partial charge is 0.388 e. The zero-order chi connectivity index (χ0) is 11.7. The van der Waals surface area contributed by atoms with E-state index in [1.54, 1.807) is 0 Å². The van der Waals surface area contributed by atoms with Crippen molar-refractivity contribution in [3.8, 4) is 0 Å². The van der Waals surface area contributed by atoms with Gasteiger partial charge in [0.05, 0.1) is 5.52 Å². The lowest BCUT2D eigenvalue weighted by molar-refractivity contribution is 0.628. The number of nitrogens with zero attached hydrogens (tertiary/aromatic N) is 1. The van der Waals surface area contributed by atoms with E-state index in [-0.39, 0.29) is 5.82 Å². The number of nitrogens with one attached hydrogen (secondary N) is 1. The average molecular weight is 218 g/mol. The summed E-state index contributed by atoms with van der Waals surface area (Å²) in [5.74, 6) is -0.229. The van der Waals surface area contributed by atoms with Crippen LogP contribution < -0.4 is 5.32 Å². The molecule has 0 radical (unpaired) electrons. The van der Waals surface area contributed by atoms with E-state index in [9.17, 15) is 4.39 Å². The van der Waals surface area contributed by atoms with Crippen LogP contribution in [0.5, 0.6) is 0 Å². The Kier molecular flexibility index (Phi) is 2.77. The van der Waals surface area contributed by atoms with E-state index < -0.39 is 0 Å². The lowest BCUT2D eigenvalue weighted by Gasteiger charge is -2.10. The van der Waals surface area contributed by atoms with Crippen molar-refractivity contribution in [2.75, 3.05) is 12.4 Å². The van der Waals surface area contributed by atoms with Gasteiger partial charge in [0.1, 0.15) is 5.82 Å². The first-order chi connectivity index (χ1) is 7.65. The Bertz CT molecular complexity index is 535. The topological polar surface area (TPSA) is 24.9 Å². The summed E-state index contributed by atoms with van der Waals surface area (Å²) in [7, 11) is 1.87. The minimum absolute atomic E-state index is 0.229. The van der Waals surface area contributed by atoms with Gasteiger partial charge in [-0.15, -0.1) is 0 Å². The predicted molar refractivity (Wildman–Crippen MR) is 65.4 cm³/mol. The standard InChI is InChI=1S/C13H15FN2/c1-4-10-7-11(15-3)13-8(2)5-9(14)6-12(13)16-10/h5-7H,4H2,1-3H3,(H,15,16). The molecule has 0 aliphatic heterocycles. The molecule has 1 aromatic carbocycles. The zero-order valence-electron chi connectivity index (χ0n) is 9.76. The van der Waals surface area contributed by atoms with Crippen LogP contribution in [-0.2, 0) is 6.42 Å². The van der Waals surface area contributed by atoms with Crippen molar-refractivity contribution in [1.29, 1.82) is 0 Å². The van der Waals surface area contributed by atoms with Crippen LogP contribution in [0.4, 0.5) is 10.1 Å². The van der Waals surface area contributed by atoms with Gasteiger partial charge in [-0.1, -0.05) is 6.92 Å². The monoisotopic (exact) mass is 218 g/mol. The first-order valence-corrected chi connectivity index (χ1v) is 5.43. The fourth-order valence-corrected chi connectivity index (χ4v) is 1.97. The molecule has 0 bridgehead atoms. The van der Waals surface area contributed by atoms with Crippen LogP contribution in [0.25, 0.3) is 10.9 Å². The zero-order valence-corrected chi connectivity index (χ0v) is 9.76. The Morgan fingerprint density at radius 2 is 2.06 bits per heavy atom. The molecule has 1 N–H and O–H groups in total. The van der Waals surface area contributed by atoms with Crippen LogP contribution in [-0.4, -0.2) is 12.0 Å². The summed E-state index contributed by atoms with van der Waals surface area (Å²) in [6.07, 6.45) is 0.847. The minimum atomic E-state index is -0.229. The maximum absolute atomic E-state index is 13.3. The van der Waals surface area contributed by atoms with Gasteiger partial charge >= 0.3 is 0 Å². The van der Waals surface area contributed by atoms with E-state index in [2.05, 4.69) is 10.3 Å². The van der Waals surface area contributed by atoms with E-state index in [0.29, 0.717) is 0 Å². The van der Waals surface area contributed by atoms with Gasteiger partial charge in [0.25, 0.3) is 0 Å². The normalized spacial score (nSPS) is 10.8. The summed E-state index contributed by atoms with van der Waals surface area (Å²) in [6, 6.07) is 5.05. The Labute approximate surface area is 94.5 Å². The molecular weight excluding hydrogens is 203 g/mol. The predicted octanol–water partition coefficient (Wildman–Crippen LogP) is 3.29. The summed E-state index contributed by atoms with van der Waals surface area (Å²) in [5, 5.41) is 4.14. The molecule has 1 heterocycles. The number of fused-ring (bicyclic) bond motifs is 1. The lowest BCUT2D eigenvalue weighted by atomic mass is 10.1. The molecule has 0 aliphatic rings. The van der Waals surface area contributed by atoms with Crippen molar-refractivity contribution in [2.45, 2.75) is 20.3 Å². The molecular formula is C13H15FN2. The highest BCUT2D eigenvalue weighted by atomic mass is 19.1. The summed E-state index contributed by atoms with van der Waals surface area (Å²) >= 11 is 0. The number of benzene rings is 1. The first-order valence-electron chi connectivity index (χ1n) is 5.43. The van der Waals surface area contributed by atoms with E-state index in [4.69, 9.17) is 0 Å². The molecule has 0 unspecified atom stereocenters. The third-order valence-corrected chi connectivity index (χ3v) is 2.76. The number of rotatable bonds is 2. The summed E-state index contributed by atoms with van der Waals surface area (Å²) in [4.78, 5) is 4.44. The molecule has 0 fully saturated rings. The quantitative estimate of drug-likeness (QED) is 0.836. The number of halogens is 1. The molecule has 3 heteroatoms. The average Bonchev–Trinajstić information content (AvgIpc) is 2.26. The Hall–Kier alpha value is -1.64. The number of aryl methyl sites for hydroxylation is 2. The Morgan fingerprint density at radius 1 is 1.31 bits per heavy atom. The highest BCUT2D eigenvalue weighted by Gasteiger charge is 2.08. The molecule has 0 amide bonds. The van der Waals surface area contributed by atoms with Crippen LogP contribution in [0, 0.1) is 12.7 Å². The summed E-state index contributed by atoms with van der Waals surface area (Å²) < 4.78 is 13.3. The van der Waals surface area contributed by atoms with Crippen LogP contribution >= 0.6 is 0 Å². The fraction of sp³-hybridized carbons (Fsp3) is 0.308. The molecule has 0 saturated carbocycles. The van der Waals surface area contributed by atoms with Gasteiger partial charge in [0, 0.05) is 29.9 Å². The highest BCUT2D eigenvalue weighted by Crippen LogP contribution is 2.27. The molecule has 2 nitrogen and oxygen atoms in total. The molecule has 0 atom stereocenters. The number of pyridine rings is 1. The molecule has 2 aromatic rings. The fourth-order valence-electron chi connectivity index (χ4n) is 1.97. The van der Waals surface area contributed by atoms with Gasteiger partial charge in [0.2, 0.25) is 0 Å².